The van der Waals surface area contributed by atoms with Crippen molar-refractivity contribution < 1.29 is 14.7 Å². The largest absolute Gasteiger partial charge is 0.508 e. The van der Waals surface area contributed by atoms with Gasteiger partial charge in [-0.05, 0) is 31.7 Å². The van der Waals surface area contributed by atoms with Crippen molar-refractivity contribution in [2.24, 2.45) is 0 Å². The van der Waals surface area contributed by atoms with Gasteiger partial charge in [0.25, 0.3) is 0 Å². The van der Waals surface area contributed by atoms with Crippen molar-refractivity contribution in [2.75, 3.05) is 0 Å². The highest BCUT2D eigenvalue weighted by molar-refractivity contribution is 6.06. The van der Waals surface area contributed by atoms with Crippen LogP contribution in [0.2, 0.25) is 0 Å². The number of para-hydroxylation sites is 1. The van der Waals surface area contributed by atoms with E-state index in [2.05, 4.69) is 5.32 Å². The molecule has 0 saturated carbocycles. The van der Waals surface area contributed by atoms with Gasteiger partial charge in [0.1, 0.15) is 5.75 Å². The van der Waals surface area contributed by atoms with Crippen LogP contribution in [-0.2, 0) is 9.59 Å². The summed E-state index contributed by atoms with van der Waals surface area (Å²) in [6, 6.07) is 7.05. The van der Waals surface area contributed by atoms with Gasteiger partial charge >= 0.3 is 0 Å². The number of benzene rings is 1. The zero-order valence-electron chi connectivity index (χ0n) is 12.9. The Hall–Kier alpha value is -2.36. The number of carbonyl (C=O) groups excluding carboxylic acids is 2. The number of rotatable bonds is 1. The van der Waals surface area contributed by atoms with Crippen molar-refractivity contribution in [3.05, 3.63) is 52.4 Å². The van der Waals surface area contributed by atoms with Crippen molar-refractivity contribution >= 4 is 11.6 Å². The molecule has 0 spiro atoms. The van der Waals surface area contributed by atoms with E-state index in [9.17, 15) is 14.7 Å². The van der Waals surface area contributed by atoms with Gasteiger partial charge in [-0.1, -0.05) is 18.2 Å². The summed E-state index contributed by atoms with van der Waals surface area (Å²) in [5.74, 6) is -0.0771. The Morgan fingerprint density at radius 1 is 0.870 bits per heavy atom. The van der Waals surface area contributed by atoms with E-state index in [1.54, 1.807) is 12.1 Å². The number of aromatic hydroxyl groups is 1. The van der Waals surface area contributed by atoms with Gasteiger partial charge in [-0.25, -0.2) is 0 Å². The first-order valence-electron chi connectivity index (χ1n) is 8.24. The Morgan fingerprint density at radius 3 is 2.00 bits per heavy atom. The Labute approximate surface area is 134 Å². The molecule has 0 fully saturated rings. The number of dihydropyridines is 1. The number of Topliss-reactive ketones (excluding diaryl/α,β-unsaturated/α-hetero) is 2. The second kappa shape index (κ2) is 5.37. The summed E-state index contributed by atoms with van der Waals surface area (Å²) in [6.07, 6.45) is 4.37. The summed E-state index contributed by atoms with van der Waals surface area (Å²) in [6.45, 7) is 0. The molecule has 0 unspecified atom stereocenters. The first kappa shape index (κ1) is 14.2. The molecule has 0 aromatic heterocycles. The molecule has 4 nitrogen and oxygen atoms in total. The lowest BCUT2D eigenvalue weighted by atomic mass is 9.71. The van der Waals surface area contributed by atoms with E-state index in [0.717, 1.165) is 37.1 Å². The second-order valence-electron chi connectivity index (χ2n) is 6.45. The van der Waals surface area contributed by atoms with Crippen molar-refractivity contribution in [3.63, 3.8) is 0 Å². The smallest absolute Gasteiger partial charge is 0.161 e. The quantitative estimate of drug-likeness (QED) is 0.836. The van der Waals surface area contributed by atoms with Crippen LogP contribution in [-0.4, -0.2) is 16.7 Å². The van der Waals surface area contributed by atoms with E-state index in [1.807, 2.05) is 12.1 Å². The number of carbonyl (C=O) groups is 2. The molecule has 1 aliphatic heterocycles. The lowest BCUT2D eigenvalue weighted by molar-refractivity contribution is -0.116. The van der Waals surface area contributed by atoms with Crippen LogP contribution in [0.1, 0.15) is 50.0 Å². The fourth-order valence-electron chi connectivity index (χ4n) is 4.03. The third-order valence-corrected chi connectivity index (χ3v) is 5.04. The average Bonchev–Trinajstić information content (AvgIpc) is 2.54. The van der Waals surface area contributed by atoms with E-state index < -0.39 is 5.92 Å². The molecule has 4 heteroatoms. The van der Waals surface area contributed by atoms with E-state index >= 15 is 0 Å². The fourth-order valence-corrected chi connectivity index (χ4v) is 4.03. The number of hydrogen-bond donors (Lipinski definition) is 2. The van der Waals surface area contributed by atoms with Crippen molar-refractivity contribution in [1.29, 1.82) is 0 Å². The van der Waals surface area contributed by atoms with E-state index in [0.29, 0.717) is 29.6 Å². The van der Waals surface area contributed by atoms with E-state index in [4.69, 9.17) is 0 Å². The highest BCUT2D eigenvalue weighted by Gasteiger charge is 2.40. The molecule has 0 saturated heterocycles. The lowest BCUT2D eigenvalue weighted by Crippen LogP contribution is -2.36. The molecule has 0 amide bonds. The molecule has 1 aromatic carbocycles. The molecular weight excluding hydrogens is 290 g/mol. The Morgan fingerprint density at radius 2 is 1.43 bits per heavy atom. The monoisotopic (exact) mass is 309 g/mol. The van der Waals surface area contributed by atoms with Crippen LogP contribution in [0.3, 0.4) is 0 Å². The number of phenolic OH excluding ortho intramolecular Hbond substituents is 1. The highest BCUT2D eigenvalue weighted by Crippen LogP contribution is 2.46. The van der Waals surface area contributed by atoms with Crippen LogP contribution in [0, 0.1) is 0 Å². The first-order valence-corrected chi connectivity index (χ1v) is 8.24. The van der Waals surface area contributed by atoms with Crippen molar-refractivity contribution in [3.8, 4) is 5.75 Å². The standard InChI is InChI=1S/C19H19NO3/c21-14-8-2-1-5-11(14)17-18-12(6-3-9-15(18)22)20-13-7-4-10-16(23)19(13)17/h1-2,5,8,17,20-21H,3-4,6-7,9-10H2. The van der Waals surface area contributed by atoms with Gasteiger partial charge in [-0.2, -0.15) is 0 Å². The highest BCUT2D eigenvalue weighted by atomic mass is 16.3. The molecule has 0 radical (unpaired) electrons. The normalized spacial score (nSPS) is 21.9. The Bertz CT molecular complexity index is 731. The summed E-state index contributed by atoms with van der Waals surface area (Å²) in [5.41, 5.74) is 3.93. The number of allylic oxidation sites excluding steroid dienone is 4. The molecule has 1 heterocycles. The molecular formula is C19H19NO3. The maximum absolute atomic E-state index is 12.6. The molecule has 0 bridgehead atoms. The minimum absolute atomic E-state index is 0.0944. The summed E-state index contributed by atoms with van der Waals surface area (Å²) in [7, 11) is 0. The van der Waals surface area contributed by atoms with Gasteiger partial charge in [0.15, 0.2) is 11.6 Å². The molecule has 118 valence electrons. The molecule has 0 atom stereocenters. The SMILES string of the molecule is O=C1CCCC2=C1C(c1ccccc1O)C1=C(CCCC1=O)N2. The van der Waals surface area contributed by atoms with E-state index in [1.165, 1.54) is 0 Å². The van der Waals surface area contributed by atoms with Gasteiger partial charge < -0.3 is 10.4 Å². The van der Waals surface area contributed by atoms with Crippen LogP contribution >= 0.6 is 0 Å². The van der Waals surface area contributed by atoms with E-state index in [-0.39, 0.29) is 17.3 Å². The molecule has 1 aromatic rings. The Balaban J connectivity index is 1.94. The van der Waals surface area contributed by atoms with Crippen LogP contribution in [0.5, 0.6) is 5.75 Å². The van der Waals surface area contributed by atoms with Gasteiger partial charge in [0, 0.05) is 46.9 Å². The van der Waals surface area contributed by atoms with Gasteiger partial charge in [-0.15, -0.1) is 0 Å². The maximum Gasteiger partial charge on any atom is 0.161 e. The lowest BCUT2D eigenvalue weighted by Gasteiger charge is -2.37. The number of phenols is 1. The zero-order valence-corrected chi connectivity index (χ0v) is 12.9. The number of ketones is 2. The van der Waals surface area contributed by atoms with Gasteiger partial charge in [0.2, 0.25) is 0 Å². The van der Waals surface area contributed by atoms with Crippen molar-refractivity contribution in [1.82, 2.24) is 5.32 Å². The van der Waals surface area contributed by atoms with Crippen LogP contribution in [0.15, 0.2) is 46.8 Å². The predicted octanol–water partition coefficient (Wildman–Crippen LogP) is 3.09. The zero-order chi connectivity index (χ0) is 16.0. The van der Waals surface area contributed by atoms with Crippen LogP contribution < -0.4 is 5.32 Å². The molecule has 3 aliphatic rings. The molecule has 2 aliphatic carbocycles. The first-order chi connectivity index (χ1) is 11.2. The van der Waals surface area contributed by atoms with Crippen LogP contribution in [0.25, 0.3) is 0 Å². The average molecular weight is 309 g/mol. The maximum atomic E-state index is 12.6. The van der Waals surface area contributed by atoms with Crippen molar-refractivity contribution in [2.45, 2.75) is 44.4 Å². The molecule has 2 N–H and O–H groups in total. The summed E-state index contributed by atoms with van der Waals surface area (Å²) in [5, 5.41) is 13.7. The van der Waals surface area contributed by atoms with Gasteiger partial charge in [0.05, 0.1) is 0 Å². The Kier molecular flexibility index (Phi) is 3.33. The molecule has 4 rings (SSSR count). The number of hydrogen-bond acceptors (Lipinski definition) is 4. The minimum Gasteiger partial charge on any atom is -0.508 e. The second-order valence-corrected chi connectivity index (χ2v) is 6.45. The third kappa shape index (κ3) is 2.21. The summed E-state index contributed by atoms with van der Waals surface area (Å²) in [4.78, 5) is 25.2. The minimum atomic E-state index is -0.414. The summed E-state index contributed by atoms with van der Waals surface area (Å²) < 4.78 is 0. The number of nitrogens with one attached hydrogen (secondary N) is 1. The third-order valence-electron chi connectivity index (χ3n) is 5.04. The fraction of sp³-hybridized carbons (Fsp3) is 0.368. The summed E-state index contributed by atoms with van der Waals surface area (Å²) >= 11 is 0. The molecule has 23 heavy (non-hydrogen) atoms. The van der Waals surface area contributed by atoms with Gasteiger partial charge in [-0.3, -0.25) is 9.59 Å². The predicted molar refractivity (Wildman–Crippen MR) is 85.8 cm³/mol. The topological polar surface area (TPSA) is 66.4 Å². The van der Waals surface area contributed by atoms with Crippen LogP contribution in [0.4, 0.5) is 0 Å².